The first-order valence-corrected chi connectivity index (χ1v) is 8.93. The monoisotopic (exact) mass is 320 g/mol. The summed E-state index contributed by atoms with van der Waals surface area (Å²) in [7, 11) is 4.33. The summed E-state index contributed by atoms with van der Waals surface area (Å²) in [5.41, 5.74) is 6.66. The molecule has 3 rings (SSSR count). The Labute approximate surface area is 146 Å². The van der Waals surface area contributed by atoms with Crippen molar-refractivity contribution >= 4 is 5.70 Å². The highest BCUT2D eigenvalue weighted by molar-refractivity contribution is 5.76. The molecule has 0 saturated carbocycles. The second kappa shape index (κ2) is 7.12. The van der Waals surface area contributed by atoms with Crippen LogP contribution in [0.2, 0.25) is 0 Å². The van der Waals surface area contributed by atoms with Crippen LogP contribution in [0.3, 0.4) is 0 Å². The summed E-state index contributed by atoms with van der Waals surface area (Å²) in [6.07, 6.45) is 13.7. The Kier molecular flexibility index (Phi) is 4.94. The fraction of sp³-hybridized carbons (Fsp3) is 0.364. The van der Waals surface area contributed by atoms with Crippen molar-refractivity contribution in [3.8, 4) is 0 Å². The van der Waals surface area contributed by atoms with Crippen molar-refractivity contribution in [1.29, 1.82) is 0 Å². The first-order valence-electron chi connectivity index (χ1n) is 8.93. The fourth-order valence-electron chi connectivity index (χ4n) is 3.39. The van der Waals surface area contributed by atoms with Gasteiger partial charge in [0.1, 0.15) is 0 Å². The van der Waals surface area contributed by atoms with Crippen LogP contribution in [0.5, 0.6) is 0 Å². The molecule has 0 aliphatic carbocycles. The van der Waals surface area contributed by atoms with Gasteiger partial charge in [-0.25, -0.2) is 0 Å². The van der Waals surface area contributed by atoms with Crippen LogP contribution in [0.4, 0.5) is 0 Å². The molecule has 2 heterocycles. The van der Waals surface area contributed by atoms with Crippen molar-refractivity contribution in [2.75, 3.05) is 20.6 Å². The molecule has 0 radical (unpaired) electrons. The van der Waals surface area contributed by atoms with Crippen LogP contribution in [0.15, 0.2) is 65.9 Å². The quantitative estimate of drug-likeness (QED) is 0.798. The maximum absolute atomic E-state index is 2.36. The molecule has 2 aliphatic rings. The molecule has 0 fully saturated rings. The number of nitrogens with zero attached hydrogens (tertiary/aromatic N) is 2. The lowest BCUT2D eigenvalue weighted by Crippen LogP contribution is -2.26. The maximum atomic E-state index is 2.36. The zero-order valence-corrected chi connectivity index (χ0v) is 15.3. The van der Waals surface area contributed by atoms with Crippen LogP contribution >= 0.6 is 0 Å². The Bertz CT molecular complexity index is 721. The molecule has 126 valence electrons. The van der Waals surface area contributed by atoms with Gasteiger partial charge in [-0.3, -0.25) is 0 Å². The predicted octanol–water partition coefficient (Wildman–Crippen LogP) is 4.63. The van der Waals surface area contributed by atoms with Gasteiger partial charge in [0.25, 0.3) is 0 Å². The SMILES string of the molecule is CCCc1cccc(C2=C(C3=CN(C)C(C)C=C3)C=CCN2C)c1. The number of likely N-dealkylation sites (N-methyl/N-ethyl adjacent to an activating group) is 2. The molecule has 0 bridgehead atoms. The van der Waals surface area contributed by atoms with Crippen LogP contribution in [-0.4, -0.2) is 36.5 Å². The molecule has 1 atom stereocenters. The van der Waals surface area contributed by atoms with Crippen LogP contribution in [0, 0.1) is 0 Å². The van der Waals surface area contributed by atoms with Crippen molar-refractivity contribution in [3.05, 3.63) is 77.0 Å². The molecule has 2 nitrogen and oxygen atoms in total. The van der Waals surface area contributed by atoms with Gasteiger partial charge in [-0.05, 0) is 36.1 Å². The van der Waals surface area contributed by atoms with Crippen LogP contribution in [0.1, 0.15) is 31.4 Å². The summed E-state index contributed by atoms with van der Waals surface area (Å²) in [4.78, 5) is 4.63. The Morgan fingerprint density at radius 2 is 2.00 bits per heavy atom. The Hall–Kier alpha value is -2.22. The van der Waals surface area contributed by atoms with Gasteiger partial charge in [-0.15, -0.1) is 0 Å². The zero-order chi connectivity index (χ0) is 17.1. The average Bonchev–Trinajstić information content (AvgIpc) is 2.58. The summed E-state index contributed by atoms with van der Waals surface area (Å²) in [6.45, 7) is 5.41. The minimum atomic E-state index is 0.455. The third kappa shape index (κ3) is 3.33. The summed E-state index contributed by atoms with van der Waals surface area (Å²) in [5, 5.41) is 0. The number of rotatable bonds is 4. The van der Waals surface area contributed by atoms with Gasteiger partial charge in [-0.2, -0.15) is 0 Å². The number of hydrogen-bond donors (Lipinski definition) is 0. The highest BCUT2D eigenvalue weighted by Crippen LogP contribution is 2.32. The van der Waals surface area contributed by atoms with Gasteiger partial charge < -0.3 is 9.80 Å². The smallest absolute Gasteiger partial charge is 0.0520 e. The van der Waals surface area contributed by atoms with Gasteiger partial charge in [0.2, 0.25) is 0 Å². The van der Waals surface area contributed by atoms with Crippen molar-refractivity contribution in [2.45, 2.75) is 32.7 Å². The summed E-state index contributed by atoms with van der Waals surface area (Å²) >= 11 is 0. The van der Waals surface area contributed by atoms with Gasteiger partial charge in [-0.1, -0.05) is 55.8 Å². The third-order valence-electron chi connectivity index (χ3n) is 4.89. The topological polar surface area (TPSA) is 6.48 Å². The molecule has 1 aromatic rings. The van der Waals surface area contributed by atoms with Crippen molar-refractivity contribution in [1.82, 2.24) is 9.80 Å². The van der Waals surface area contributed by atoms with Gasteiger partial charge >= 0.3 is 0 Å². The standard InChI is InChI=1S/C22H28N2/c1-5-8-18-9-6-10-19(15-18)22-21(11-7-14-23(22)3)20-13-12-17(2)24(4)16-20/h6-7,9-13,15-17H,5,8,14H2,1-4H3. The molecule has 0 amide bonds. The number of aryl methyl sites for hydroxylation is 1. The molecule has 0 spiro atoms. The highest BCUT2D eigenvalue weighted by Gasteiger charge is 2.20. The predicted molar refractivity (Wildman–Crippen MR) is 104 cm³/mol. The van der Waals surface area contributed by atoms with E-state index in [0.717, 1.165) is 13.0 Å². The molecule has 1 unspecified atom stereocenters. The molecule has 0 N–H and O–H groups in total. The van der Waals surface area contributed by atoms with E-state index < -0.39 is 0 Å². The summed E-state index contributed by atoms with van der Waals surface area (Å²) < 4.78 is 0. The minimum absolute atomic E-state index is 0.455. The Morgan fingerprint density at radius 3 is 2.75 bits per heavy atom. The summed E-state index contributed by atoms with van der Waals surface area (Å²) in [6, 6.07) is 9.48. The lowest BCUT2D eigenvalue weighted by Gasteiger charge is -2.31. The zero-order valence-electron chi connectivity index (χ0n) is 15.3. The number of benzene rings is 1. The fourth-order valence-corrected chi connectivity index (χ4v) is 3.39. The van der Waals surface area contributed by atoms with Gasteiger partial charge in [0.05, 0.1) is 5.70 Å². The van der Waals surface area contributed by atoms with E-state index in [-0.39, 0.29) is 0 Å². The van der Waals surface area contributed by atoms with E-state index in [1.807, 2.05) is 0 Å². The third-order valence-corrected chi connectivity index (χ3v) is 4.89. The van der Waals surface area contributed by atoms with Crippen molar-refractivity contribution in [2.24, 2.45) is 0 Å². The van der Waals surface area contributed by atoms with E-state index in [2.05, 4.69) is 92.5 Å². The highest BCUT2D eigenvalue weighted by atomic mass is 15.1. The maximum Gasteiger partial charge on any atom is 0.0520 e. The van der Waals surface area contributed by atoms with Crippen LogP contribution in [0.25, 0.3) is 5.70 Å². The van der Waals surface area contributed by atoms with E-state index in [9.17, 15) is 0 Å². The Morgan fingerprint density at radius 1 is 1.17 bits per heavy atom. The van der Waals surface area contributed by atoms with E-state index in [4.69, 9.17) is 0 Å². The van der Waals surface area contributed by atoms with Crippen molar-refractivity contribution in [3.63, 3.8) is 0 Å². The summed E-state index contributed by atoms with van der Waals surface area (Å²) in [5.74, 6) is 0. The van der Waals surface area contributed by atoms with Crippen molar-refractivity contribution < 1.29 is 0 Å². The van der Waals surface area contributed by atoms with E-state index in [1.165, 1.54) is 34.4 Å². The molecule has 2 aliphatic heterocycles. The first kappa shape index (κ1) is 16.6. The largest absolute Gasteiger partial charge is 0.374 e. The van der Waals surface area contributed by atoms with Crippen LogP contribution < -0.4 is 0 Å². The molecule has 0 saturated heterocycles. The molecular weight excluding hydrogens is 292 g/mol. The van der Waals surface area contributed by atoms with E-state index in [1.54, 1.807) is 0 Å². The average molecular weight is 320 g/mol. The van der Waals surface area contributed by atoms with Gasteiger partial charge in [0, 0.05) is 38.5 Å². The second-order valence-corrected chi connectivity index (χ2v) is 6.85. The Balaban J connectivity index is 2.08. The first-order chi connectivity index (χ1) is 11.6. The second-order valence-electron chi connectivity index (χ2n) is 6.85. The molecule has 0 aromatic heterocycles. The minimum Gasteiger partial charge on any atom is -0.374 e. The van der Waals surface area contributed by atoms with E-state index in [0.29, 0.717) is 6.04 Å². The molecule has 24 heavy (non-hydrogen) atoms. The number of hydrogen-bond acceptors (Lipinski definition) is 2. The van der Waals surface area contributed by atoms with Crippen LogP contribution in [-0.2, 0) is 6.42 Å². The lowest BCUT2D eigenvalue weighted by molar-refractivity contribution is 0.400. The number of allylic oxidation sites excluding steroid dienone is 4. The molecular formula is C22H28N2. The normalized spacial score (nSPS) is 20.7. The van der Waals surface area contributed by atoms with Gasteiger partial charge in [0.15, 0.2) is 0 Å². The molecule has 1 aromatic carbocycles. The lowest BCUT2D eigenvalue weighted by atomic mass is 9.93. The van der Waals surface area contributed by atoms with E-state index >= 15 is 0 Å². The molecule has 2 heteroatoms.